The SMILES string of the molecule is CCN(CC1C(N)C(C)(C)OC1(C)C)c1cccc(C)c1. The summed E-state index contributed by atoms with van der Waals surface area (Å²) in [5.74, 6) is 0.313. The molecule has 2 atom stereocenters. The number of ether oxygens (including phenoxy) is 1. The van der Waals surface area contributed by atoms with Crippen molar-refractivity contribution in [2.75, 3.05) is 18.0 Å². The molecule has 1 aromatic rings. The van der Waals surface area contributed by atoms with Crippen molar-refractivity contribution in [3.05, 3.63) is 29.8 Å². The summed E-state index contributed by atoms with van der Waals surface area (Å²) in [5.41, 5.74) is 8.59. The summed E-state index contributed by atoms with van der Waals surface area (Å²) in [6, 6.07) is 8.72. The minimum absolute atomic E-state index is 0.0476. The molecule has 0 aliphatic carbocycles. The van der Waals surface area contributed by atoms with Gasteiger partial charge in [0.15, 0.2) is 0 Å². The fourth-order valence-electron chi connectivity index (χ4n) is 3.55. The van der Waals surface area contributed by atoms with Crippen LogP contribution in [0.2, 0.25) is 0 Å². The number of rotatable bonds is 4. The fourth-order valence-corrected chi connectivity index (χ4v) is 3.55. The summed E-state index contributed by atoms with van der Waals surface area (Å²) in [6.07, 6.45) is 0. The Morgan fingerprint density at radius 1 is 1.19 bits per heavy atom. The zero-order chi connectivity index (χ0) is 15.8. The van der Waals surface area contributed by atoms with Gasteiger partial charge in [-0.25, -0.2) is 0 Å². The molecule has 0 amide bonds. The maximum atomic E-state index is 6.49. The molecule has 1 saturated heterocycles. The van der Waals surface area contributed by atoms with Crippen LogP contribution in [-0.2, 0) is 4.74 Å². The van der Waals surface area contributed by atoms with Crippen molar-refractivity contribution >= 4 is 5.69 Å². The van der Waals surface area contributed by atoms with Gasteiger partial charge in [0.1, 0.15) is 0 Å². The van der Waals surface area contributed by atoms with Crippen LogP contribution < -0.4 is 10.6 Å². The lowest BCUT2D eigenvalue weighted by Crippen LogP contribution is -2.48. The Morgan fingerprint density at radius 3 is 2.33 bits per heavy atom. The van der Waals surface area contributed by atoms with Crippen LogP contribution >= 0.6 is 0 Å². The van der Waals surface area contributed by atoms with Crippen molar-refractivity contribution in [1.29, 1.82) is 0 Å². The van der Waals surface area contributed by atoms with Gasteiger partial charge in [0.2, 0.25) is 0 Å². The third-order valence-corrected chi connectivity index (χ3v) is 4.82. The highest BCUT2D eigenvalue weighted by atomic mass is 16.5. The highest BCUT2D eigenvalue weighted by Gasteiger charge is 2.52. The van der Waals surface area contributed by atoms with Crippen molar-refractivity contribution in [1.82, 2.24) is 0 Å². The van der Waals surface area contributed by atoms with Crippen molar-refractivity contribution in [2.24, 2.45) is 11.7 Å². The summed E-state index contributed by atoms with van der Waals surface area (Å²) in [5, 5.41) is 0. The van der Waals surface area contributed by atoms with Gasteiger partial charge in [0.25, 0.3) is 0 Å². The Bertz CT molecular complexity index is 496. The fraction of sp³-hybridized carbons (Fsp3) is 0.667. The Balaban J connectivity index is 2.22. The average molecular weight is 290 g/mol. The molecule has 1 aliphatic rings. The first kappa shape index (κ1) is 16.3. The molecule has 21 heavy (non-hydrogen) atoms. The van der Waals surface area contributed by atoms with E-state index in [-0.39, 0.29) is 17.2 Å². The Labute approximate surface area is 129 Å². The predicted octanol–water partition coefficient (Wildman–Crippen LogP) is 3.35. The molecule has 0 spiro atoms. The highest BCUT2D eigenvalue weighted by molar-refractivity contribution is 5.48. The molecular weight excluding hydrogens is 260 g/mol. The van der Waals surface area contributed by atoms with Crippen LogP contribution in [0, 0.1) is 12.8 Å². The summed E-state index contributed by atoms with van der Waals surface area (Å²) in [4.78, 5) is 2.41. The van der Waals surface area contributed by atoms with Crippen molar-refractivity contribution < 1.29 is 4.74 Å². The van der Waals surface area contributed by atoms with Crippen LogP contribution in [0.5, 0.6) is 0 Å². The zero-order valence-electron chi connectivity index (χ0n) is 14.3. The van der Waals surface area contributed by atoms with Gasteiger partial charge >= 0.3 is 0 Å². The largest absolute Gasteiger partial charge is 0.371 e. The van der Waals surface area contributed by atoms with E-state index >= 15 is 0 Å². The highest BCUT2D eigenvalue weighted by Crippen LogP contribution is 2.41. The maximum Gasteiger partial charge on any atom is 0.0788 e. The molecule has 1 aromatic carbocycles. The predicted molar refractivity (Wildman–Crippen MR) is 89.8 cm³/mol. The van der Waals surface area contributed by atoms with Crippen molar-refractivity contribution in [3.63, 3.8) is 0 Å². The number of nitrogens with zero attached hydrogens (tertiary/aromatic N) is 1. The average Bonchev–Trinajstić information content (AvgIpc) is 2.52. The number of anilines is 1. The molecule has 118 valence electrons. The number of nitrogens with two attached hydrogens (primary N) is 1. The van der Waals surface area contributed by atoms with Crippen molar-refractivity contribution in [3.8, 4) is 0 Å². The lowest BCUT2D eigenvalue weighted by Gasteiger charge is -2.34. The Kier molecular flexibility index (Phi) is 4.36. The van der Waals surface area contributed by atoms with Crippen LogP contribution in [0.25, 0.3) is 0 Å². The molecule has 2 unspecified atom stereocenters. The van der Waals surface area contributed by atoms with Gasteiger partial charge < -0.3 is 15.4 Å². The van der Waals surface area contributed by atoms with Gasteiger partial charge in [-0.1, -0.05) is 12.1 Å². The van der Waals surface area contributed by atoms with Crippen LogP contribution in [0.3, 0.4) is 0 Å². The topological polar surface area (TPSA) is 38.5 Å². The smallest absolute Gasteiger partial charge is 0.0788 e. The van der Waals surface area contributed by atoms with Gasteiger partial charge in [0.05, 0.1) is 11.2 Å². The van der Waals surface area contributed by atoms with E-state index in [2.05, 4.69) is 70.7 Å². The molecule has 3 heteroatoms. The normalized spacial score (nSPS) is 26.8. The van der Waals surface area contributed by atoms with E-state index in [4.69, 9.17) is 10.5 Å². The van der Waals surface area contributed by atoms with Crippen molar-refractivity contribution in [2.45, 2.75) is 58.8 Å². The molecule has 1 heterocycles. The van der Waals surface area contributed by atoms with E-state index in [1.807, 2.05) is 0 Å². The molecule has 0 aromatic heterocycles. The minimum Gasteiger partial charge on any atom is -0.371 e. The summed E-state index contributed by atoms with van der Waals surface area (Å²) < 4.78 is 6.21. The number of benzene rings is 1. The second-order valence-corrected chi connectivity index (χ2v) is 7.32. The molecule has 2 N–H and O–H groups in total. The first-order chi connectivity index (χ1) is 9.67. The molecule has 1 fully saturated rings. The number of aryl methyl sites for hydroxylation is 1. The standard InChI is InChI=1S/C18H30N2O/c1-7-20(14-10-8-9-13(2)11-14)12-15-16(19)18(5,6)21-17(15,3)4/h8-11,15-16H,7,12,19H2,1-6H3. The maximum absolute atomic E-state index is 6.49. The molecule has 0 bridgehead atoms. The second-order valence-electron chi connectivity index (χ2n) is 7.32. The summed E-state index contributed by atoms with van der Waals surface area (Å²) >= 11 is 0. The van der Waals surface area contributed by atoms with Gasteiger partial charge in [-0.05, 0) is 59.2 Å². The Morgan fingerprint density at radius 2 is 1.86 bits per heavy atom. The lowest BCUT2D eigenvalue weighted by molar-refractivity contribution is -0.0757. The van der Waals surface area contributed by atoms with E-state index in [0.29, 0.717) is 5.92 Å². The van der Waals surface area contributed by atoms with Gasteiger partial charge in [-0.15, -0.1) is 0 Å². The molecule has 2 rings (SSSR count). The molecule has 0 radical (unpaired) electrons. The van der Waals surface area contributed by atoms with Gasteiger partial charge in [0, 0.05) is 30.7 Å². The third-order valence-electron chi connectivity index (χ3n) is 4.82. The molecule has 0 saturated carbocycles. The van der Waals surface area contributed by atoms with E-state index in [0.717, 1.165) is 13.1 Å². The molecule has 1 aliphatic heterocycles. The first-order valence-electron chi connectivity index (χ1n) is 7.95. The molecule has 3 nitrogen and oxygen atoms in total. The van der Waals surface area contributed by atoms with Gasteiger partial charge in [-0.2, -0.15) is 0 Å². The monoisotopic (exact) mass is 290 g/mol. The third kappa shape index (κ3) is 3.24. The van der Waals surface area contributed by atoms with Crippen LogP contribution in [0.1, 0.15) is 40.2 Å². The second kappa shape index (κ2) is 5.62. The van der Waals surface area contributed by atoms with Crippen LogP contribution in [0.15, 0.2) is 24.3 Å². The number of hydrogen-bond donors (Lipinski definition) is 1. The summed E-state index contributed by atoms with van der Waals surface area (Å²) in [7, 11) is 0. The zero-order valence-corrected chi connectivity index (χ0v) is 14.3. The Hall–Kier alpha value is -1.06. The van der Waals surface area contributed by atoms with E-state index in [1.165, 1.54) is 11.3 Å². The minimum atomic E-state index is -0.264. The first-order valence-corrected chi connectivity index (χ1v) is 7.95. The van der Waals surface area contributed by atoms with Gasteiger partial charge in [-0.3, -0.25) is 0 Å². The lowest BCUT2D eigenvalue weighted by atomic mass is 9.82. The summed E-state index contributed by atoms with van der Waals surface area (Å²) in [6.45, 7) is 14.8. The van der Waals surface area contributed by atoms with E-state index in [9.17, 15) is 0 Å². The quantitative estimate of drug-likeness (QED) is 0.924. The van der Waals surface area contributed by atoms with E-state index in [1.54, 1.807) is 0 Å². The number of hydrogen-bond acceptors (Lipinski definition) is 3. The van der Waals surface area contributed by atoms with Crippen LogP contribution in [-0.4, -0.2) is 30.3 Å². The van der Waals surface area contributed by atoms with Crippen LogP contribution in [0.4, 0.5) is 5.69 Å². The van der Waals surface area contributed by atoms with E-state index < -0.39 is 0 Å². The molecular formula is C18H30N2O.